The molecule has 0 N–H and O–H groups in total. The molecule has 1 aliphatic heterocycles. The molecule has 3 atom stereocenters. The Morgan fingerprint density at radius 2 is 1.65 bits per heavy atom. The molecule has 2 aromatic rings. The van der Waals surface area contributed by atoms with Crippen LogP contribution in [-0.4, -0.2) is 27.3 Å². The lowest BCUT2D eigenvalue weighted by Gasteiger charge is -2.37. The number of halogens is 1. The zero-order valence-electron chi connectivity index (χ0n) is 13.4. The van der Waals surface area contributed by atoms with Crippen LogP contribution in [0, 0.1) is 0 Å². The minimum atomic E-state index is -0.879. The SMILES string of the molecule is CC1CC([S+]([O-])c2ccccc2)CCN1Cc1ccccc1.Cl. The van der Waals surface area contributed by atoms with Crippen molar-refractivity contribution in [3.05, 3.63) is 66.2 Å². The Morgan fingerprint density at radius 3 is 2.26 bits per heavy atom. The molecule has 23 heavy (non-hydrogen) atoms. The molecule has 3 unspecified atom stereocenters. The van der Waals surface area contributed by atoms with Gasteiger partial charge >= 0.3 is 0 Å². The van der Waals surface area contributed by atoms with Gasteiger partial charge in [0.25, 0.3) is 0 Å². The van der Waals surface area contributed by atoms with Crippen molar-refractivity contribution in [2.75, 3.05) is 6.54 Å². The predicted octanol–water partition coefficient (Wildman–Crippen LogP) is 4.27. The Hall–Kier alpha value is -1.00. The minimum Gasteiger partial charge on any atom is -0.611 e. The Labute approximate surface area is 148 Å². The molecule has 1 saturated heterocycles. The van der Waals surface area contributed by atoms with Crippen LogP contribution in [0.4, 0.5) is 0 Å². The van der Waals surface area contributed by atoms with Gasteiger partial charge in [0.15, 0.2) is 4.90 Å². The Bertz CT molecular complexity index is 580. The second kappa shape index (κ2) is 8.74. The second-order valence-electron chi connectivity index (χ2n) is 6.06. The lowest BCUT2D eigenvalue weighted by Crippen LogP contribution is -2.44. The third-order valence-corrected chi connectivity index (χ3v) is 6.24. The van der Waals surface area contributed by atoms with Crippen molar-refractivity contribution in [3.63, 3.8) is 0 Å². The van der Waals surface area contributed by atoms with Crippen LogP contribution >= 0.6 is 12.4 Å². The van der Waals surface area contributed by atoms with Crippen molar-refractivity contribution < 1.29 is 4.55 Å². The van der Waals surface area contributed by atoms with Crippen LogP contribution in [0.25, 0.3) is 0 Å². The van der Waals surface area contributed by atoms with E-state index in [0.29, 0.717) is 6.04 Å². The maximum absolute atomic E-state index is 12.7. The number of hydrogen-bond acceptors (Lipinski definition) is 2. The number of nitrogens with zero attached hydrogens (tertiary/aromatic N) is 1. The molecule has 0 spiro atoms. The Balaban J connectivity index is 0.00000192. The highest BCUT2D eigenvalue weighted by Crippen LogP contribution is 2.28. The van der Waals surface area contributed by atoms with Crippen LogP contribution in [0.1, 0.15) is 25.3 Å². The highest BCUT2D eigenvalue weighted by Gasteiger charge is 2.33. The number of likely N-dealkylation sites (tertiary alicyclic amines) is 1. The molecule has 124 valence electrons. The van der Waals surface area contributed by atoms with E-state index in [0.717, 1.165) is 30.8 Å². The van der Waals surface area contributed by atoms with Gasteiger partial charge in [0.05, 0.1) is 0 Å². The van der Waals surface area contributed by atoms with Gasteiger partial charge in [0, 0.05) is 32.0 Å². The third-order valence-electron chi connectivity index (χ3n) is 4.47. The number of piperidine rings is 1. The first-order chi connectivity index (χ1) is 10.7. The molecule has 0 aliphatic carbocycles. The van der Waals surface area contributed by atoms with Gasteiger partial charge in [-0.2, -0.15) is 0 Å². The lowest BCUT2D eigenvalue weighted by atomic mass is 10.0. The Kier molecular flexibility index (Phi) is 6.97. The van der Waals surface area contributed by atoms with Gasteiger partial charge in [-0.15, -0.1) is 12.4 Å². The van der Waals surface area contributed by atoms with Gasteiger partial charge in [-0.1, -0.05) is 48.5 Å². The molecule has 0 radical (unpaired) electrons. The summed E-state index contributed by atoms with van der Waals surface area (Å²) in [5.74, 6) is 0. The molecular formula is C19H24ClNOS. The molecule has 2 nitrogen and oxygen atoms in total. The molecular weight excluding hydrogens is 326 g/mol. The van der Waals surface area contributed by atoms with Crippen molar-refractivity contribution in [2.45, 2.75) is 42.5 Å². The summed E-state index contributed by atoms with van der Waals surface area (Å²) in [6, 6.07) is 21.0. The smallest absolute Gasteiger partial charge is 0.152 e. The molecule has 0 saturated carbocycles. The van der Waals surface area contributed by atoms with Crippen molar-refractivity contribution >= 4 is 23.6 Å². The van der Waals surface area contributed by atoms with E-state index in [1.807, 2.05) is 30.3 Å². The number of benzene rings is 2. The zero-order valence-corrected chi connectivity index (χ0v) is 15.1. The topological polar surface area (TPSA) is 26.3 Å². The molecule has 1 fully saturated rings. The van der Waals surface area contributed by atoms with E-state index < -0.39 is 11.2 Å². The minimum absolute atomic E-state index is 0. The molecule has 0 aromatic heterocycles. The maximum Gasteiger partial charge on any atom is 0.152 e. The molecule has 1 aliphatic rings. The third kappa shape index (κ3) is 4.74. The van der Waals surface area contributed by atoms with Crippen molar-refractivity contribution in [1.82, 2.24) is 4.90 Å². The summed E-state index contributed by atoms with van der Waals surface area (Å²) >= 11 is -0.879. The van der Waals surface area contributed by atoms with Gasteiger partial charge in [0.1, 0.15) is 5.25 Å². The van der Waals surface area contributed by atoms with E-state index in [1.165, 1.54) is 5.56 Å². The summed E-state index contributed by atoms with van der Waals surface area (Å²) in [4.78, 5) is 3.48. The van der Waals surface area contributed by atoms with Gasteiger partial charge in [0.2, 0.25) is 0 Å². The standard InChI is InChI=1S/C19H23NOS.ClH/c1-16-14-19(22(21)18-10-6-3-7-11-18)12-13-20(16)15-17-8-4-2-5-9-17;/h2-11,16,19H,12-15H2,1H3;1H. The number of hydrogen-bond donors (Lipinski definition) is 0. The summed E-state index contributed by atoms with van der Waals surface area (Å²) in [7, 11) is 0. The average molecular weight is 350 g/mol. The van der Waals surface area contributed by atoms with Gasteiger partial charge in [-0.05, 0) is 35.8 Å². The van der Waals surface area contributed by atoms with Crippen LogP contribution in [0.15, 0.2) is 65.6 Å². The maximum atomic E-state index is 12.7. The molecule has 1 heterocycles. The van der Waals surface area contributed by atoms with Crippen molar-refractivity contribution in [2.24, 2.45) is 0 Å². The molecule has 0 bridgehead atoms. The summed E-state index contributed by atoms with van der Waals surface area (Å²) in [5.41, 5.74) is 1.36. The highest BCUT2D eigenvalue weighted by molar-refractivity contribution is 7.92. The van der Waals surface area contributed by atoms with Crippen LogP contribution in [-0.2, 0) is 17.7 Å². The molecule has 4 heteroatoms. The van der Waals surface area contributed by atoms with E-state index in [4.69, 9.17) is 0 Å². The van der Waals surface area contributed by atoms with Crippen LogP contribution in [0.3, 0.4) is 0 Å². The number of rotatable bonds is 4. The van der Waals surface area contributed by atoms with E-state index >= 15 is 0 Å². The first-order valence-electron chi connectivity index (χ1n) is 7.97. The Morgan fingerprint density at radius 1 is 1.04 bits per heavy atom. The summed E-state index contributed by atoms with van der Waals surface area (Å²) in [6.07, 6.45) is 2.02. The van der Waals surface area contributed by atoms with Crippen LogP contribution < -0.4 is 0 Å². The predicted molar refractivity (Wildman–Crippen MR) is 99.4 cm³/mol. The summed E-state index contributed by atoms with van der Waals surface area (Å²) < 4.78 is 12.7. The highest BCUT2D eigenvalue weighted by atomic mass is 35.5. The van der Waals surface area contributed by atoms with E-state index in [-0.39, 0.29) is 17.7 Å². The summed E-state index contributed by atoms with van der Waals surface area (Å²) in [6.45, 7) is 4.28. The van der Waals surface area contributed by atoms with Gasteiger partial charge < -0.3 is 4.55 Å². The van der Waals surface area contributed by atoms with Crippen molar-refractivity contribution in [1.29, 1.82) is 0 Å². The monoisotopic (exact) mass is 349 g/mol. The fraction of sp³-hybridized carbons (Fsp3) is 0.368. The largest absolute Gasteiger partial charge is 0.611 e. The van der Waals surface area contributed by atoms with Gasteiger partial charge in [-0.25, -0.2) is 0 Å². The fourth-order valence-corrected chi connectivity index (χ4v) is 4.75. The van der Waals surface area contributed by atoms with E-state index in [1.54, 1.807) is 0 Å². The van der Waals surface area contributed by atoms with E-state index in [2.05, 4.69) is 42.2 Å². The first kappa shape index (κ1) is 18.3. The van der Waals surface area contributed by atoms with E-state index in [9.17, 15) is 4.55 Å². The molecule has 0 amide bonds. The normalized spacial score (nSPS) is 23.0. The van der Waals surface area contributed by atoms with Crippen molar-refractivity contribution in [3.8, 4) is 0 Å². The van der Waals surface area contributed by atoms with Crippen LogP contribution in [0.5, 0.6) is 0 Å². The first-order valence-corrected chi connectivity index (χ1v) is 9.19. The lowest BCUT2D eigenvalue weighted by molar-refractivity contribution is 0.154. The summed E-state index contributed by atoms with van der Waals surface area (Å²) in [5, 5.41) is 0.282. The average Bonchev–Trinajstić information content (AvgIpc) is 2.58. The fourth-order valence-electron chi connectivity index (χ4n) is 3.17. The van der Waals surface area contributed by atoms with Crippen LogP contribution in [0.2, 0.25) is 0 Å². The molecule has 2 aromatic carbocycles. The quantitative estimate of drug-likeness (QED) is 0.770. The molecule has 3 rings (SSSR count). The zero-order chi connectivity index (χ0) is 15.4. The second-order valence-corrected chi connectivity index (χ2v) is 7.79. The van der Waals surface area contributed by atoms with Gasteiger partial charge in [-0.3, -0.25) is 4.90 Å².